The molecule has 2 heterocycles. The highest BCUT2D eigenvalue weighted by atomic mass is 16.4. The fourth-order valence-electron chi connectivity index (χ4n) is 2.17. The highest BCUT2D eigenvalue weighted by Gasteiger charge is 2.25. The molecule has 1 unspecified atom stereocenters. The fourth-order valence-corrected chi connectivity index (χ4v) is 2.17. The maximum Gasteiger partial charge on any atom is 0.318 e. The van der Waals surface area contributed by atoms with Gasteiger partial charge in [-0.2, -0.15) is 0 Å². The van der Waals surface area contributed by atoms with Gasteiger partial charge < -0.3 is 19.7 Å². The van der Waals surface area contributed by atoms with Crippen LogP contribution in [0.2, 0.25) is 0 Å². The van der Waals surface area contributed by atoms with Crippen molar-refractivity contribution in [3.63, 3.8) is 0 Å². The molecular formula is C11H20N4O2. The second-order valence-electron chi connectivity index (χ2n) is 4.57. The van der Waals surface area contributed by atoms with Crippen LogP contribution in [0.5, 0.6) is 0 Å². The summed E-state index contributed by atoms with van der Waals surface area (Å²) in [6.45, 7) is 4.20. The summed E-state index contributed by atoms with van der Waals surface area (Å²) in [4.78, 5) is 2.09. The first-order valence-electron chi connectivity index (χ1n) is 6.10. The predicted molar refractivity (Wildman–Crippen MR) is 63.7 cm³/mol. The fraction of sp³-hybridized carbons (Fsp3) is 0.818. The summed E-state index contributed by atoms with van der Waals surface area (Å²) in [5, 5.41) is 20.5. The Hall–Kier alpha value is -1.14. The Morgan fingerprint density at radius 3 is 2.76 bits per heavy atom. The van der Waals surface area contributed by atoms with E-state index in [1.807, 2.05) is 14.0 Å². The van der Waals surface area contributed by atoms with Crippen molar-refractivity contribution in [2.24, 2.45) is 5.92 Å². The lowest BCUT2D eigenvalue weighted by Gasteiger charge is -2.31. The van der Waals surface area contributed by atoms with Crippen molar-refractivity contribution in [1.82, 2.24) is 15.5 Å². The van der Waals surface area contributed by atoms with Crippen molar-refractivity contribution in [2.75, 3.05) is 25.0 Å². The molecule has 1 aliphatic rings. The van der Waals surface area contributed by atoms with Crippen molar-refractivity contribution < 1.29 is 9.52 Å². The molecule has 17 heavy (non-hydrogen) atoms. The van der Waals surface area contributed by atoms with Crippen molar-refractivity contribution in [3.05, 3.63) is 5.89 Å². The molecular weight excluding hydrogens is 220 g/mol. The van der Waals surface area contributed by atoms with Gasteiger partial charge in [0.2, 0.25) is 5.89 Å². The second kappa shape index (κ2) is 5.46. The first-order chi connectivity index (χ1) is 8.20. The lowest BCUT2D eigenvalue weighted by molar-refractivity contribution is 0.109. The van der Waals surface area contributed by atoms with E-state index < -0.39 is 0 Å². The molecule has 1 atom stereocenters. The molecule has 1 aromatic rings. The largest absolute Gasteiger partial charge is 0.407 e. The number of hydrogen-bond donors (Lipinski definition) is 2. The summed E-state index contributed by atoms with van der Waals surface area (Å²) in [5.41, 5.74) is 0. The van der Waals surface area contributed by atoms with Gasteiger partial charge in [-0.25, -0.2) is 0 Å². The number of rotatable bonds is 4. The van der Waals surface area contributed by atoms with Crippen LogP contribution in [0.4, 0.5) is 6.01 Å². The van der Waals surface area contributed by atoms with Crippen molar-refractivity contribution in [1.29, 1.82) is 0 Å². The maximum atomic E-state index is 9.53. The topological polar surface area (TPSA) is 74.4 Å². The molecule has 2 N–H and O–H groups in total. The average molecular weight is 240 g/mol. The molecule has 0 amide bonds. The molecule has 6 heteroatoms. The Labute approximate surface area is 101 Å². The minimum atomic E-state index is -0.223. The van der Waals surface area contributed by atoms with Crippen LogP contribution >= 0.6 is 0 Å². The van der Waals surface area contributed by atoms with E-state index in [4.69, 9.17) is 4.42 Å². The Morgan fingerprint density at radius 1 is 1.47 bits per heavy atom. The van der Waals surface area contributed by atoms with Crippen LogP contribution in [0, 0.1) is 5.92 Å². The summed E-state index contributed by atoms with van der Waals surface area (Å²) in [5.74, 6) is 1.01. The smallest absolute Gasteiger partial charge is 0.318 e. The number of piperidine rings is 1. The third-order valence-electron chi connectivity index (χ3n) is 3.28. The summed E-state index contributed by atoms with van der Waals surface area (Å²) < 4.78 is 5.54. The van der Waals surface area contributed by atoms with Crippen molar-refractivity contribution >= 4 is 6.01 Å². The summed E-state index contributed by atoms with van der Waals surface area (Å²) >= 11 is 0. The van der Waals surface area contributed by atoms with Gasteiger partial charge in [0.25, 0.3) is 0 Å². The number of anilines is 1. The van der Waals surface area contributed by atoms with Crippen molar-refractivity contribution in [2.45, 2.75) is 32.4 Å². The minimum absolute atomic E-state index is 0.223. The molecule has 96 valence electrons. The van der Waals surface area contributed by atoms with Gasteiger partial charge in [0.1, 0.15) is 0 Å². The number of nitrogens with zero attached hydrogens (tertiary/aromatic N) is 3. The quantitative estimate of drug-likeness (QED) is 0.793. The third kappa shape index (κ3) is 2.95. The van der Waals surface area contributed by atoms with E-state index in [0.717, 1.165) is 25.9 Å². The zero-order valence-electron chi connectivity index (χ0n) is 10.4. The van der Waals surface area contributed by atoms with Crippen molar-refractivity contribution in [3.8, 4) is 0 Å². The minimum Gasteiger partial charge on any atom is -0.407 e. The first-order valence-corrected chi connectivity index (χ1v) is 6.10. The SMILES string of the molecule is CNCc1nnc(N2CCC(C(C)O)CC2)o1. The first kappa shape index (κ1) is 12.3. The lowest BCUT2D eigenvalue weighted by atomic mass is 9.92. The van der Waals surface area contributed by atoms with E-state index in [-0.39, 0.29) is 6.10 Å². The van der Waals surface area contributed by atoms with Gasteiger partial charge in [-0.1, -0.05) is 5.10 Å². The Kier molecular flexibility index (Phi) is 3.96. The molecule has 0 spiro atoms. The number of aliphatic hydroxyl groups excluding tert-OH is 1. The second-order valence-corrected chi connectivity index (χ2v) is 4.57. The molecule has 2 rings (SSSR count). The van der Waals surface area contributed by atoms with Gasteiger partial charge in [-0.05, 0) is 32.7 Å². The number of aliphatic hydroxyl groups is 1. The van der Waals surface area contributed by atoms with Crippen LogP contribution in [0.15, 0.2) is 4.42 Å². The van der Waals surface area contributed by atoms with Crippen LogP contribution < -0.4 is 10.2 Å². The molecule has 1 aromatic heterocycles. The molecule has 0 aliphatic carbocycles. The zero-order chi connectivity index (χ0) is 12.3. The molecule has 6 nitrogen and oxygen atoms in total. The highest BCUT2D eigenvalue weighted by molar-refractivity contribution is 5.24. The molecule has 0 saturated carbocycles. The van der Waals surface area contributed by atoms with Gasteiger partial charge >= 0.3 is 6.01 Å². The molecule has 0 bridgehead atoms. The highest BCUT2D eigenvalue weighted by Crippen LogP contribution is 2.24. The molecule has 1 aliphatic heterocycles. The van der Waals surface area contributed by atoms with E-state index >= 15 is 0 Å². The number of nitrogens with one attached hydrogen (secondary N) is 1. The van der Waals surface area contributed by atoms with Crippen LogP contribution in [-0.4, -0.2) is 41.5 Å². The van der Waals surface area contributed by atoms with Gasteiger partial charge in [-0.3, -0.25) is 0 Å². The average Bonchev–Trinajstić information content (AvgIpc) is 2.78. The molecule has 0 aromatic carbocycles. The predicted octanol–water partition coefficient (Wildman–Crippen LogP) is 0.386. The molecule has 1 fully saturated rings. The van der Waals surface area contributed by atoms with E-state index in [9.17, 15) is 5.11 Å². The summed E-state index contributed by atoms with van der Waals surface area (Å²) in [6, 6.07) is 0.597. The number of aromatic nitrogens is 2. The van der Waals surface area contributed by atoms with E-state index in [2.05, 4.69) is 20.4 Å². The summed E-state index contributed by atoms with van der Waals surface area (Å²) in [6.07, 6.45) is 1.72. The van der Waals surface area contributed by atoms with Gasteiger partial charge in [0.05, 0.1) is 12.6 Å². The monoisotopic (exact) mass is 240 g/mol. The Balaban J connectivity index is 1.91. The normalized spacial score (nSPS) is 19.6. The lowest BCUT2D eigenvalue weighted by Crippen LogP contribution is -2.37. The summed E-state index contributed by atoms with van der Waals surface area (Å²) in [7, 11) is 1.85. The van der Waals surface area contributed by atoms with E-state index in [0.29, 0.717) is 24.4 Å². The maximum absolute atomic E-state index is 9.53. The molecule has 0 radical (unpaired) electrons. The van der Waals surface area contributed by atoms with Crippen LogP contribution in [0.3, 0.4) is 0 Å². The van der Waals surface area contributed by atoms with Crippen LogP contribution in [0.25, 0.3) is 0 Å². The number of hydrogen-bond acceptors (Lipinski definition) is 6. The van der Waals surface area contributed by atoms with E-state index in [1.54, 1.807) is 0 Å². The third-order valence-corrected chi connectivity index (χ3v) is 3.28. The Morgan fingerprint density at radius 2 is 2.18 bits per heavy atom. The van der Waals surface area contributed by atoms with E-state index in [1.165, 1.54) is 0 Å². The van der Waals surface area contributed by atoms with Gasteiger partial charge in [-0.15, -0.1) is 5.10 Å². The molecule has 1 saturated heterocycles. The van der Waals surface area contributed by atoms with Crippen LogP contribution in [-0.2, 0) is 6.54 Å². The standard InChI is InChI=1S/C11H20N4O2/c1-8(16)9-3-5-15(6-4-9)11-14-13-10(17-11)7-12-2/h8-9,12,16H,3-7H2,1-2H3. The Bertz CT molecular complexity index is 345. The van der Waals surface area contributed by atoms with Gasteiger partial charge in [0.15, 0.2) is 0 Å². The van der Waals surface area contributed by atoms with Gasteiger partial charge in [0, 0.05) is 13.1 Å². The zero-order valence-corrected chi connectivity index (χ0v) is 10.4. The van der Waals surface area contributed by atoms with Crippen LogP contribution in [0.1, 0.15) is 25.7 Å².